The number of ketones is 1. The van der Waals surface area contributed by atoms with Gasteiger partial charge in [0.15, 0.2) is 17.4 Å². The zero-order chi connectivity index (χ0) is 13.0. The molecule has 90 valence electrons. The van der Waals surface area contributed by atoms with Crippen molar-refractivity contribution < 1.29 is 13.6 Å². The van der Waals surface area contributed by atoms with Crippen LogP contribution in [0.5, 0.6) is 0 Å². The predicted octanol–water partition coefficient (Wildman–Crippen LogP) is 3.26. The first-order valence-electron chi connectivity index (χ1n) is 5.24. The Labute approximate surface area is 103 Å². The molecule has 2 aromatic rings. The Morgan fingerprint density at radius 3 is 2.67 bits per heavy atom. The standard InChI is InChI=1S/C14H9F2NO/c15-12-5-4-11(8-13(12)16)14(18)6-3-10-2-1-7-17-9-10/h1-9H/b6-3+. The second-order valence-corrected chi connectivity index (χ2v) is 3.61. The Balaban J connectivity index is 2.17. The molecule has 0 N–H and O–H groups in total. The average molecular weight is 245 g/mol. The summed E-state index contributed by atoms with van der Waals surface area (Å²) in [4.78, 5) is 15.6. The van der Waals surface area contributed by atoms with E-state index < -0.39 is 17.4 Å². The first-order valence-corrected chi connectivity index (χ1v) is 5.24. The van der Waals surface area contributed by atoms with Crippen LogP contribution in [-0.4, -0.2) is 10.8 Å². The average Bonchev–Trinajstić information content (AvgIpc) is 2.40. The van der Waals surface area contributed by atoms with Crippen LogP contribution >= 0.6 is 0 Å². The van der Waals surface area contributed by atoms with Gasteiger partial charge in [-0.3, -0.25) is 9.78 Å². The number of pyridine rings is 1. The van der Waals surface area contributed by atoms with Gasteiger partial charge in [0, 0.05) is 18.0 Å². The molecule has 0 aliphatic rings. The Morgan fingerprint density at radius 1 is 1.17 bits per heavy atom. The lowest BCUT2D eigenvalue weighted by Crippen LogP contribution is -1.96. The highest BCUT2D eigenvalue weighted by molar-refractivity contribution is 6.06. The smallest absolute Gasteiger partial charge is 0.185 e. The summed E-state index contributed by atoms with van der Waals surface area (Å²) in [7, 11) is 0. The second kappa shape index (κ2) is 5.31. The minimum Gasteiger partial charge on any atom is -0.289 e. The molecule has 0 saturated carbocycles. The molecular formula is C14H9F2NO. The Kier molecular flexibility index (Phi) is 3.57. The number of aromatic nitrogens is 1. The van der Waals surface area contributed by atoms with E-state index in [1.54, 1.807) is 30.6 Å². The molecule has 1 aromatic carbocycles. The molecule has 0 spiro atoms. The highest BCUT2D eigenvalue weighted by atomic mass is 19.2. The van der Waals surface area contributed by atoms with Gasteiger partial charge >= 0.3 is 0 Å². The fraction of sp³-hybridized carbons (Fsp3) is 0. The van der Waals surface area contributed by atoms with E-state index in [1.165, 1.54) is 12.1 Å². The molecule has 0 aliphatic heterocycles. The molecule has 1 heterocycles. The van der Waals surface area contributed by atoms with Crippen LogP contribution < -0.4 is 0 Å². The largest absolute Gasteiger partial charge is 0.289 e. The third-order valence-electron chi connectivity index (χ3n) is 2.32. The number of hydrogen-bond acceptors (Lipinski definition) is 2. The SMILES string of the molecule is O=C(/C=C/c1cccnc1)c1ccc(F)c(F)c1. The fourth-order valence-electron chi connectivity index (χ4n) is 1.39. The van der Waals surface area contributed by atoms with Crippen LogP contribution in [0.2, 0.25) is 0 Å². The molecule has 0 bridgehead atoms. The maximum absolute atomic E-state index is 12.9. The molecule has 0 atom stereocenters. The van der Waals surface area contributed by atoms with Crippen molar-refractivity contribution >= 4 is 11.9 Å². The maximum Gasteiger partial charge on any atom is 0.185 e. The molecule has 0 radical (unpaired) electrons. The quantitative estimate of drug-likeness (QED) is 0.613. The molecule has 0 fully saturated rings. The van der Waals surface area contributed by atoms with Crippen molar-refractivity contribution in [2.24, 2.45) is 0 Å². The minimum absolute atomic E-state index is 0.106. The first-order chi connectivity index (χ1) is 8.66. The number of carbonyl (C=O) groups is 1. The summed E-state index contributed by atoms with van der Waals surface area (Å²) in [5.41, 5.74) is 0.863. The highest BCUT2D eigenvalue weighted by Crippen LogP contribution is 2.10. The normalized spacial score (nSPS) is 10.8. The van der Waals surface area contributed by atoms with Crippen LogP contribution in [0.1, 0.15) is 15.9 Å². The highest BCUT2D eigenvalue weighted by Gasteiger charge is 2.06. The summed E-state index contributed by atoms with van der Waals surface area (Å²) < 4.78 is 25.6. The predicted molar refractivity (Wildman–Crippen MR) is 64.0 cm³/mol. The van der Waals surface area contributed by atoms with Gasteiger partial charge in [-0.1, -0.05) is 6.07 Å². The molecule has 0 saturated heterocycles. The van der Waals surface area contributed by atoms with Crippen LogP contribution in [0.4, 0.5) is 8.78 Å². The Hall–Kier alpha value is -2.36. The number of carbonyl (C=O) groups excluding carboxylic acids is 1. The minimum atomic E-state index is -1.03. The van der Waals surface area contributed by atoms with Crippen LogP contribution in [0.3, 0.4) is 0 Å². The summed E-state index contributed by atoms with van der Waals surface area (Å²) in [6, 6.07) is 6.57. The zero-order valence-electron chi connectivity index (χ0n) is 9.31. The molecule has 0 amide bonds. The number of benzene rings is 1. The maximum atomic E-state index is 12.9. The van der Waals surface area contributed by atoms with Crippen LogP contribution in [0.15, 0.2) is 48.8 Å². The Morgan fingerprint density at radius 2 is 2.00 bits per heavy atom. The van der Waals surface area contributed by atoms with Crippen LogP contribution in [0, 0.1) is 11.6 Å². The summed E-state index contributed by atoms with van der Waals surface area (Å²) in [5.74, 6) is -2.39. The Bertz CT molecular complexity index is 594. The molecule has 2 nitrogen and oxygen atoms in total. The van der Waals surface area contributed by atoms with Gasteiger partial charge in [-0.2, -0.15) is 0 Å². The summed E-state index contributed by atoms with van der Waals surface area (Å²) in [6.45, 7) is 0. The van der Waals surface area contributed by atoms with Crippen molar-refractivity contribution in [2.45, 2.75) is 0 Å². The van der Waals surface area contributed by atoms with Gasteiger partial charge in [-0.25, -0.2) is 8.78 Å². The van der Waals surface area contributed by atoms with Crippen molar-refractivity contribution in [1.29, 1.82) is 0 Å². The van der Waals surface area contributed by atoms with E-state index in [-0.39, 0.29) is 5.56 Å². The van der Waals surface area contributed by atoms with Crippen molar-refractivity contribution in [3.63, 3.8) is 0 Å². The number of nitrogens with zero attached hydrogens (tertiary/aromatic N) is 1. The zero-order valence-corrected chi connectivity index (χ0v) is 9.31. The fourth-order valence-corrected chi connectivity index (χ4v) is 1.39. The number of rotatable bonds is 3. The van der Waals surface area contributed by atoms with Crippen molar-refractivity contribution in [1.82, 2.24) is 4.98 Å². The first kappa shape index (κ1) is 12.1. The van der Waals surface area contributed by atoms with E-state index in [4.69, 9.17) is 0 Å². The lowest BCUT2D eigenvalue weighted by molar-refractivity contribution is 0.104. The molecule has 0 unspecified atom stereocenters. The van der Waals surface area contributed by atoms with Crippen molar-refractivity contribution in [3.05, 3.63) is 71.6 Å². The third-order valence-corrected chi connectivity index (χ3v) is 2.32. The van der Waals surface area contributed by atoms with Crippen LogP contribution in [0.25, 0.3) is 6.08 Å². The van der Waals surface area contributed by atoms with E-state index in [0.717, 1.165) is 17.7 Å². The number of allylic oxidation sites excluding steroid dienone is 1. The van der Waals surface area contributed by atoms with Gasteiger partial charge in [0.2, 0.25) is 0 Å². The van der Waals surface area contributed by atoms with Crippen LogP contribution in [-0.2, 0) is 0 Å². The molecule has 18 heavy (non-hydrogen) atoms. The third kappa shape index (κ3) is 2.85. The lowest BCUT2D eigenvalue weighted by Gasteiger charge is -1.97. The van der Waals surface area contributed by atoms with Gasteiger partial charge in [-0.05, 0) is 42.0 Å². The van der Waals surface area contributed by atoms with Gasteiger partial charge < -0.3 is 0 Å². The van der Waals surface area contributed by atoms with Gasteiger partial charge in [-0.15, -0.1) is 0 Å². The van der Waals surface area contributed by atoms with Crippen molar-refractivity contribution in [2.75, 3.05) is 0 Å². The summed E-state index contributed by atoms with van der Waals surface area (Å²) >= 11 is 0. The molecule has 1 aromatic heterocycles. The molecule has 4 heteroatoms. The molecular weight excluding hydrogens is 236 g/mol. The lowest BCUT2D eigenvalue weighted by atomic mass is 10.1. The monoisotopic (exact) mass is 245 g/mol. The van der Waals surface area contributed by atoms with E-state index in [9.17, 15) is 13.6 Å². The van der Waals surface area contributed by atoms with E-state index >= 15 is 0 Å². The van der Waals surface area contributed by atoms with E-state index in [1.807, 2.05) is 0 Å². The van der Waals surface area contributed by atoms with Crippen molar-refractivity contribution in [3.8, 4) is 0 Å². The summed E-state index contributed by atoms with van der Waals surface area (Å²) in [5, 5.41) is 0. The van der Waals surface area contributed by atoms with Gasteiger partial charge in [0.25, 0.3) is 0 Å². The van der Waals surface area contributed by atoms with Gasteiger partial charge in [0.05, 0.1) is 0 Å². The van der Waals surface area contributed by atoms with Gasteiger partial charge in [0.1, 0.15) is 0 Å². The second-order valence-electron chi connectivity index (χ2n) is 3.61. The molecule has 0 aliphatic carbocycles. The van der Waals surface area contributed by atoms with E-state index in [0.29, 0.717) is 0 Å². The summed E-state index contributed by atoms with van der Waals surface area (Å²) in [6.07, 6.45) is 6.07. The number of hydrogen-bond donors (Lipinski definition) is 0. The van der Waals surface area contributed by atoms with E-state index in [2.05, 4.69) is 4.98 Å². The number of halogens is 2. The molecule has 2 rings (SSSR count). The topological polar surface area (TPSA) is 30.0 Å².